The topological polar surface area (TPSA) is 143 Å². The van der Waals surface area contributed by atoms with Gasteiger partial charge in [0.2, 0.25) is 0 Å². The molecule has 0 unspecified atom stereocenters. The van der Waals surface area contributed by atoms with Gasteiger partial charge in [0, 0.05) is 23.3 Å². The van der Waals surface area contributed by atoms with Crippen LogP contribution in [0.5, 0.6) is 5.75 Å². The molecule has 1 heterocycles. The summed E-state index contributed by atoms with van der Waals surface area (Å²) in [5, 5.41) is 36.5. The van der Waals surface area contributed by atoms with Crippen LogP contribution in [0.2, 0.25) is 0 Å². The van der Waals surface area contributed by atoms with Crippen molar-refractivity contribution in [3.8, 4) is 5.75 Å². The average Bonchev–Trinajstić information content (AvgIpc) is 3.07. The summed E-state index contributed by atoms with van der Waals surface area (Å²) in [6, 6.07) is 10.3. The Hall–Kier alpha value is -3.79. The first-order chi connectivity index (χ1) is 13.8. The van der Waals surface area contributed by atoms with Crippen LogP contribution in [0.1, 0.15) is 29.3 Å². The molecule has 10 nitrogen and oxygen atoms in total. The molecule has 0 aromatic heterocycles. The third kappa shape index (κ3) is 3.78. The Morgan fingerprint density at radius 1 is 1.28 bits per heavy atom. The zero-order valence-electron chi connectivity index (χ0n) is 15.3. The summed E-state index contributed by atoms with van der Waals surface area (Å²) < 4.78 is 4.91. The highest BCUT2D eigenvalue weighted by Gasteiger charge is 2.48. The minimum absolute atomic E-state index is 0.0156. The lowest BCUT2D eigenvalue weighted by Gasteiger charge is -2.31. The molecule has 1 aliphatic rings. The van der Waals surface area contributed by atoms with Gasteiger partial charge in [-0.25, -0.2) is 4.79 Å². The Morgan fingerprint density at radius 2 is 1.97 bits per heavy atom. The van der Waals surface area contributed by atoms with Crippen LogP contribution in [-0.2, 0) is 15.3 Å². The number of ether oxygens (including phenoxy) is 1. The van der Waals surface area contributed by atoms with Gasteiger partial charge in [0.1, 0.15) is 5.75 Å². The van der Waals surface area contributed by atoms with Crippen molar-refractivity contribution in [1.29, 1.82) is 0 Å². The van der Waals surface area contributed by atoms with Crippen LogP contribution in [0, 0.1) is 10.1 Å². The van der Waals surface area contributed by atoms with Crippen molar-refractivity contribution in [1.82, 2.24) is 5.01 Å². The molecule has 2 N–H and O–H groups in total. The zero-order chi connectivity index (χ0) is 21.2. The number of aromatic hydroxyl groups is 1. The SMILES string of the molecule is CCOC(=O)C1=NN(C(=O)c2ccc(O)cc2)[C@@](O)(c2cccc([N+](=O)[O-])c2)C1. The maximum absolute atomic E-state index is 13.0. The van der Waals surface area contributed by atoms with Crippen molar-refractivity contribution in [2.75, 3.05) is 6.61 Å². The first-order valence-corrected chi connectivity index (χ1v) is 8.61. The fraction of sp³-hybridized carbons (Fsp3) is 0.211. The number of carbonyl (C=O) groups is 2. The minimum Gasteiger partial charge on any atom is -0.508 e. The molecule has 1 amide bonds. The number of phenols is 1. The van der Waals surface area contributed by atoms with Gasteiger partial charge in [-0.15, -0.1) is 0 Å². The number of nitrogens with zero attached hydrogens (tertiary/aromatic N) is 3. The van der Waals surface area contributed by atoms with Crippen molar-refractivity contribution in [3.63, 3.8) is 0 Å². The predicted molar refractivity (Wildman–Crippen MR) is 100.0 cm³/mol. The lowest BCUT2D eigenvalue weighted by Crippen LogP contribution is -2.43. The van der Waals surface area contributed by atoms with Crippen LogP contribution in [0.15, 0.2) is 53.6 Å². The number of phenolic OH excluding ortho intramolecular Hbond substituents is 1. The summed E-state index contributed by atoms with van der Waals surface area (Å²) in [6.07, 6.45) is -0.406. The summed E-state index contributed by atoms with van der Waals surface area (Å²) in [5.74, 6) is -1.64. The third-order valence-corrected chi connectivity index (χ3v) is 4.32. The van der Waals surface area contributed by atoms with E-state index < -0.39 is 28.9 Å². The number of non-ortho nitro benzene ring substituents is 1. The van der Waals surface area contributed by atoms with E-state index in [-0.39, 0.29) is 34.9 Å². The van der Waals surface area contributed by atoms with E-state index in [9.17, 15) is 29.9 Å². The number of nitro benzene ring substituents is 1. The van der Waals surface area contributed by atoms with Gasteiger partial charge in [0.15, 0.2) is 11.4 Å². The summed E-state index contributed by atoms with van der Waals surface area (Å²) in [5.41, 5.74) is -2.53. The van der Waals surface area contributed by atoms with E-state index in [0.29, 0.717) is 5.01 Å². The molecule has 10 heteroatoms. The first kappa shape index (κ1) is 20.0. The Morgan fingerprint density at radius 3 is 2.59 bits per heavy atom. The molecular weight excluding hydrogens is 382 g/mol. The van der Waals surface area contributed by atoms with E-state index in [2.05, 4.69) is 5.10 Å². The first-order valence-electron chi connectivity index (χ1n) is 8.61. The van der Waals surface area contributed by atoms with Crippen LogP contribution in [0.4, 0.5) is 5.69 Å². The monoisotopic (exact) mass is 399 g/mol. The van der Waals surface area contributed by atoms with Crippen molar-refractivity contribution >= 4 is 23.3 Å². The molecule has 0 fully saturated rings. The lowest BCUT2D eigenvalue weighted by atomic mass is 9.96. The Balaban J connectivity index is 2.07. The molecule has 2 aromatic carbocycles. The van der Waals surface area contributed by atoms with Gasteiger partial charge >= 0.3 is 5.97 Å². The molecule has 29 heavy (non-hydrogen) atoms. The predicted octanol–water partition coefficient (Wildman–Crippen LogP) is 1.91. The van der Waals surface area contributed by atoms with Gasteiger partial charge in [-0.05, 0) is 31.2 Å². The summed E-state index contributed by atoms with van der Waals surface area (Å²) in [4.78, 5) is 35.6. The number of hydrogen-bond donors (Lipinski definition) is 2. The molecule has 0 saturated carbocycles. The van der Waals surface area contributed by atoms with Gasteiger partial charge in [-0.2, -0.15) is 10.1 Å². The Bertz CT molecular complexity index is 1000. The molecule has 0 radical (unpaired) electrons. The summed E-state index contributed by atoms with van der Waals surface area (Å²) >= 11 is 0. The van der Waals surface area contributed by atoms with Gasteiger partial charge in [-0.1, -0.05) is 12.1 Å². The second kappa shape index (κ2) is 7.68. The van der Waals surface area contributed by atoms with Crippen molar-refractivity contribution in [2.45, 2.75) is 19.1 Å². The maximum atomic E-state index is 13.0. The molecule has 2 aromatic rings. The number of hydrazone groups is 1. The van der Waals surface area contributed by atoms with Crippen molar-refractivity contribution in [3.05, 3.63) is 69.8 Å². The maximum Gasteiger partial charge on any atom is 0.354 e. The van der Waals surface area contributed by atoms with E-state index >= 15 is 0 Å². The van der Waals surface area contributed by atoms with E-state index in [1.807, 2.05) is 0 Å². The van der Waals surface area contributed by atoms with Gasteiger partial charge in [0.25, 0.3) is 11.6 Å². The lowest BCUT2D eigenvalue weighted by molar-refractivity contribution is -0.385. The molecular formula is C19H17N3O7. The molecule has 1 atom stereocenters. The second-order valence-corrected chi connectivity index (χ2v) is 6.23. The van der Waals surface area contributed by atoms with Crippen LogP contribution >= 0.6 is 0 Å². The number of carbonyl (C=O) groups excluding carboxylic acids is 2. The smallest absolute Gasteiger partial charge is 0.354 e. The molecule has 0 spiro atoms. The highest BCUT2D eigenvalue weighted by atomic mass is 16.6. The van der Waals surface area contributed by atoms with Crippen LogP contribution < -0.4 is 0 Å². The van der Waals surface area contributed by atoms with Gasteiger partial charge in [0.05, 0.1) is 18.0 Å². The number of hydrogen-bond acceptors (Lipinski definition) is 8. The average molecular weight is 399 g/mol. The van der Waals surface area contributed by atoms with Crippen LogP contribution in [0.3, 0.4) is 0 Å². The van der Waals surface area contributed by atoms with E-state index in [0.717, 1.165) is 6.07 Å². The number of benzene rings is 2. The number of aliphatic hydroxyl groups is 1. The third-order valence-electron chi connectivity index (χ3n) is 4.32. The minimum atomic E-state index is -2.14. The van der Waals surface area contributed by atoms with Crippen molar-refractivity contribution in [2.24, 2.45) is 5.10 Å². The van der Waals surface area contributed by atoms with E-state index in [1.165, 1.54) is 42.5 Å². The number of amides is 1. The Labute approximate surface area is 164 Å². The summed E-state index contributed by atoms with van der Waals surface area (Å²) in [7, 11) is 0. The number of esters is 1. The molecule has 0 aliphatic carbocycles. The fourth-order valence-electron chi connectivity index (χ4n) is 2.91. The van der Waals surface area contributed by atoms with Crippen LogP contribution in [0.25, 0.3) is 0 Å². The molecule has 1 aliphatic heterocycles. The molecule has 3 rings (SSSR count). The molecule has 0 saturated heterocycles. The second-order valence-electron chi connectivity index (χ2n) is 6.23. The molecule has 0 bridgehead atoms. The standard InChI is InChI=1S/C19H17N3O7/c1-2-29-18(25)16-11-19(26,13-4-3-5-14(10-13)22(27)28)21(20-16)17(24)12-6-8-15(23)9-7-12/h3-10,23,26H,2,11H2,1H3/t19-/m0/s1. The number of nitro groups is 1. The van der Waals surface area contributed by atoms with E-state index in [4.69, 9.17) is 4.74 Å². The molecule has 150 valence electrons. The highest BCUT2D eigenvalue weighted by molar-refractivity contribution is 6.37. The summed E-state index contributed by atoms with van der Waals surface area (Å²) in [6.45, 7) is 1.67. The van der Waals surface area contributed by atoms with E-state index in [1.54, 1.807) is 6.92 Å². The Kier molecular flexibility index (Phi) is 5.29. The largest absolute Gasteiger partial charge is 0.508 e. The normalized spacial score (nSPS) is 18.3. The fourth-order valence-corrected chi connectivity index (χ4v) is 2.91. The zero-order valence-corrected chi connectivity index (χ0v) is 15.3. The van der Waals surface area contributed by atoms with Gasteiger partial charge < -0.3 is 14.9 Å². The highest BCUT2D eigenvalue weighted by Crippen LogP contribution is 2.38. The quantitative estimate of drug-likeness (QED) is 0.444. The van der Waals surface area contributed by atoms with Crippen LogP contribution in [-0.4, -0.2) is 44.3 Å². The van der Waals surface area contributed by atoms with Crippen molar-refractivity contribution < 1.29 is 29.5 Å². The number of rotatable bonds is 5. The van der Waals surface area contributed by atoms with Gasteiger partial charge in [-0.3, -0.25) is 14.9 Å².